The van der Waals surface area contributed by atoms with E-state index in [1.54, 1.807) is 0 Å². The molecule has 3 fully saturated rings. The Hall–Kier alpha value is -0.940. The zero-order valence-corrected chi connectivity index (χ0v) is 12.3. The summed E-state index contributed by atoms with van der Waals surface area (Å²) < 4.78 is 0. The molecule has 2 unspecified atom stereocenters. The SMILES string of the molecule is CC12NCCN3CCN(CCN1Cc1ccccc1)C32. The maximum Gasteiger partial charge on any atom is 0.0985 e. The van der Waals surface area contributed by atoms with Crippen molar-refractivity contribution in [2.75, 3.05) is 39.3 Å². The lowest BCUT2D eigenvalue weighted by molar-refractivity contribution is -0.114. The highest BCUT2D eigenvalue weighted by atomic mass is 15.5. The second-order valence-corrected chi connectivity index (χ2v) is 6.43. The van der Waals surface area contributed by atoms with Crippen molar-refractivity contribution in [1.82, 2.24) is 20.0 Å². The summed E-state index contributed by atoms with van der Waals surface area (Å²) in [6.07, 6.45) is 0.550. The number of nitrogens with zero attached hydrogens (tertiary/aromatic N) is 3. The molecule has 4 nitrogen and oxygen atoms in total. The molecule has 20 heavy (non-hydrogen) atoms. The van der Waals surface area contributed by atoms with E-state index in [2.05, 4.69) is 57.3 Å². The van der Waals surface area contributed by atoms with Gasteiger partial charge in [-0.15, -0.1) is 0 Å². The van der Waals surface area contributed by atoms with Gasteiger partial charge in [0.05, 0.1) is 11.8 Å². The molecule has 3 aliphatic heterocycles. The maximum absolute atomic E-state index is 3.81. The van der Waals surface area contributed by atoms with E-state index in [4.69, 9.17) is 0 Å². The van der Waals surface area contributed by atoms with E-state index >= 15 is 0 Å². The predicted octanol–water partition coefficient (Wildman–Crippen LogP) is 0.765. The van der Waals surface area contributed by atoms with Gasteiger partial charge in [0, 0.05) is 45.8 Å². The van der Waals surface area contributed by atoms with Crippen LogP contribution in [0.25, 0.3) is 0 Å². The molecule has 0 amide bonds. The van der Waals surface area contributed by atoms with Gasteiger partial charge in [0.2, 0.25) is 0 Å². The summed E-state index contributed by atoms with van der Waals surface area (Å²) in [5, 5.41) is 3.81. The van der Waals surface area contributed by atoms with Crippen LogP contribution >= 0.6 is 0 Å². The third-order valence-corrected chi connectivity index (χ3v) is 5.28. The second kappa shape index (κ2) is 4.81. The van der Waals surface area contributed by atoms with E-state index in [-0.39, 0.29) is 5.66 Å². The first kappa shape index (κ1) is 12.8. The summed E-state index contributed by atoms with van der Waals surface area (Å²) in [4.78, 5) is 7.96. The Morgan fingerprint density at radius 3 is 2.55 bits per heavy atom. The van der Waals surface area contributed by atoms with Crippen LogP contribution in [0.5, 0.6) is 0 Å². The largest absolute Gasteiger partial charge is 0.296 e. The van der Waals surface area contributed by atoms with Crippen LogP contribution in [0.1, 0.15) is 12.5 Å². The van der Waals surface area contributed by atoms with E-state index in [0.29, 0.717) is 6.17 Å². The Balaban J connectivity index is 1.61. The highest BCUT2D eigenvalue weighted by Crippen LogP contribution is 2.34. The van der Waals surface area contributed by atoms with Gasteiger partial charge < -0.3 is 0 Å². The summed E-state index contributed by atoms with van der Waals surface area (Å²) in [7, 11) is 0. The van der Waals surface area contributed by atoms with Gasteiger partial charge in [-0.1, -0.05) is 30.3 Å². The smallest absolute Gasteiger partial charge is 0.0985 e. The van der Waals surface area contributed by atoms with Crippen molar-refractivity contribution >= 4 is 0 Å². The van der Waals surface area contributed by atoms with Crippen LogP contribution in [0.2, 0.25) is 0 Å². The average molecular weight is 272 g/mol. The van der Waals surface area contributed by atoms with Gasteiger partial charge >= 0.3 is 0 Å². The third-order valence-electron chi connectivity index (χ3n) is 5.28. The Bertz CT molecular complexity index is 471. The van der Waals surface area contributed by atoms with Gasteiger partial charge in [0.25, 0.3) is 0 Å². The molecule has 3 aliphatic rings. The number of rotatable bonds is 2. The standard InChI is InChI=1S/C16H24N4/c1-16-15-18(8-7-17-16)9-10-19(15)11-12-20(16)13-14-5-3-2-4-6-14/h2-6,15,17H,7-13H2,1H3. The van der Waals surface area contributed by atoms with Gasteiger partial charge in [0.1, 0.15) is 0 Å². The molecule has 4 rings (SSSR count). The molecule has 1 aromatic rings. The molecule has 108 valence electrons. The Labute approximate surface area is 121 Å². The van der Waals surface area contributed by atoms with Gasteiger partial charge in [-0.2, -0.15) is 0 Å². The van der Waals surface area contributed by atoms with Crippen molar-refractivity contribution in [1.29, 1.82) is 0 Å². The summed E-state index contributed by atoms with van der Waals surface area (Å²) in [6.45, 7) is 10.6. The lowest BCUT2D eigenvalue weighted by atomic mass is 9.98. The first-order chi connectivity index (χ1) is 9.77. The van der Waals surface area contributed by atoms with E-state index in [0.717, 1.165) is 19.6 Å². The van der Waals surface area contributed by atoms with Crippen LogP contribution in [-0.4, -0.2) is 65.8 Å². The number of hydrogen-bond acceptors (Lipinski definition) is 4. The molecule has 3 heterocycles. The van der Waals surface area contributed by atoms with Crippen LogP contribution in [0.4, 0.5) is 0 Å². The van der Waals surface area contributed by atoms with Gasteiger partial charge in [-0.05, 0) is 12.5 Å². The highest BCUT2D eigenvalue weighted by molar-refractivity contribution is 5.16. The fourth-order valence-electron chi connectivity index (χ4n) is 4.26. The molecule has 0 aliphatic carbocycles. The van der Waals surface area contributed by atoms with Gasteiger partial charge in [-0.25, -0.2) is 0 Å². The molecular formula is C16H24N4. The molecule has 0 radical (unpaired) electrons. The number of piperazine rings is 2. The number of benzene rings is 1. The molecule has 0 spiro atoms. The fraction of sp³-hybridized carbons (Fsp3) is 0.625. The topological polar surface area (TPSA) is 21.8 Å². The molecule has 1 N–H and O–H groups in total. The molecule has 4 heteroatoms. The highest BCUT2D eigenvalue weighted by Gasteiger charge is 2.52. The minimum Gasteiger partial charge on any atom is -0.296 e. The van der Waals surface area contributed by atoms with Gasteiger partial charge in [-0.3, -0.25) is 20.0 Å². The Kier molecular flexibility index (Phi) is 3.07. The molecule has 0 bridgehead atoms. The number of hydrogen-bond donors (Lipinski definition) is 1. The predicted molar refractivity (Wildman–Crippen MR) is 80.2 cm³/mol. The van der Waals surface area contributed by atoms with Crippen molar-refractivity contribution in [2.24, 2.45) is 0 Å². The lowest BCUT2D eigenvalue weighted by Crippen LogP contribution is -2.77. The zero-order valence-electron chi connectivity index (χ0n) is 12.3. The van der Waals surface area contributed by atoms with Crippen LogP contribution in [0.3, 0.4) is 0 Å². The normalized spacial score (nSPS) is 35.1. The quantitative estimate of drug-likeness (QED) is 0.858. The lowest BCUT2D eigenvalue weighted by Gasteiger charge is -2.57. The van der Waals surface area contributed by atoms with E-state index in [9.17, 15) is 0 Å². The van der Waals surface area contributed by atoms with Gasteiger partial charge in [0.15, 0.2) is 0 Å². The Morgan fingerprint density at radius 2 is 1.75 bits per heavy atom. The van der Waals surface area contributed by atoms with Crippen molar-refractivity contribution in [3.05, 3.63) is 35.9 Å². The van der Waals surface area contributed by atoms with Crippen molar-refractivity contribution < 1.29 is 0 Å². The van der Waals surface area contributed by atoms with Crippen LogP contribution in [0.15, 0.2) is 30.3 Å². The molecule has 2 atom stereocenters. The number of nitrogens with one attached hydrogen (secondary N) is 1. The molecular weight excluding hydrogens is 248 g/mol. The maximum atomic E-state index is 3.81. The van der Waals surface area contributed by atoms with Crippen molar-refractivity contribution in [2.45, 2.75) is 25.3 Å². The minimum absolute atomic E-state index is 0.0862. The average Bonchev–Trinajstić information content (AvgIpc) is 2.89. The van der Waals surface area contributed by atoms with Crippen molar-refractivity contribution in [3.8, 4) is 0 Å². The Morgan fingerprint density at radius 1 is 1.05 bits per heavy atom. The molecule has 1 aromatic carbocycles. The minimum atomic E-state index is 0.0862. The molecule has 0 aromatic heterocycles. The summed E-state index contributed by atoms with van der Waals surface area (Å²) in [5.41, 5.74) is 1.50. The van der Waals surface area contributed by atoms with Crippen LogP contribution in [0, 0.1) is 0 Å². The zero-order chi connectivity index (χ0) is 13.6. The van der Waals surface area contributed by atoms with Crippen LogP contribution < -0.4 is 5.32 Å². The van der Waals surface area contributed by atoms with E-state index in [1.807, 2.05) is 0 Å². The van der Waals surface area contributed by atoms with Crippen LogP contribution in [-0.2, 0) is 6.54 Å². The monoisotopic (exact) mass is 272 g/mol. The first-order valence-corrected chi connectivity index (χ1v) is 7.79. The summed E-state index contributed by atoms with van der Waals surface area (Å²) in [5.74, 6) is 0. The summed E-state index contributed by atoms with van der Waals surface area (Å²) in [6, 6.07) is 10.9. The fourth-order valence-corrected chi connectivity index (χ4v) is 4.26. The summed E-state index contributed by atoms with van der Waals surface area (Å²) >= 11 is 0. The molecule has 0 saturated carbocycles. The van der Waals surface area contributed by atoms with E-state index < -0.39 is 0 Å². The molecule has 3 saturated heterocycles. The van der Waals surface area contributed by atoms with Crippen molar-refractivity contribution in [3.63, 3.8) is 0 Å². The van der Waals surface area contributed by atoms with E-state index in [1.165, 1.54) is 31.7 Å². The second-order valence-electron chi connectivity index (χ2n) is 6.43. The third kappa shape index (κ3) is 1.91. The first-order valence-electron chi connectivity index (χ1n) is 7.79.